The number of H-pyrrole nitrogens is 1. The predicted molar refractivity (Wildman–Crippen MR) is 127 cm³/mol. The number of fused-ring (bicyclic) bond motifs is 1. The van der Waals surface area contributed by atoms with Crippen molar-refractivity contribution in [1.82, 2.24) is 14.8 Å². The molecule has 0 bridgehead atoms. The summed E-state index contributed by atoms with van der Waals surface area (Å²) in [6.45, 7) is 0.317. The SMILES string of the molecule is COc1cccc(NCc2cc3c(-c4ccc(F)cc4)nn(-c4ccccc4)c3[nH]c2=O)c1. The zero-order chi connectivity index (χ0) is 22.8. The summed E-state index contributed by atoms with van der Waals surface area (Å²) < 4.78 is 20.5. The number of aromatic amines is 1. The summed E-state index contributed by atoms with van der Waals surface area (Å²) in [7, 11) is 1.61. The topological polar surface area (TPSA) is 71.9 Å². The molecule has 5 aromatic rings. The second-order valence-electron chi connectivity index (χ2n) is 7.57. The maximum atomic E-state index is 13.5. The van der Waals surface area contributed by atoms with E-state index in [1.165, 1.54) is 12.1 Å². The average molecular weight is 440 g/mol. The van der Waals surface area contributed by atoms with Crippen molar-refractivity contribution in [3.05, 3.63) is 107 Å². The van der Waals surface area contributed by atoms with Crippen LogP contribution >= 0.6 is 0 Å². The molecule has 0 aliphatic rings. The number of nitrogens with one attached hydrogen (secondary N) is 2. The van der Waals surface area contributed by atoms with Crippen LogP contribution in [0.2, 0.25) is 0 Å². The summed E-state index contributed by atoms with van der Waals surface area (Å²) in [5.41, 5.74) is 4.00. The zero-order valence-corrected chi connectivity index (χ0v) is 17.9. The van der Waals surface area contributed by atoms with Crippen molar-refractivity contribution in [2.45, 2.75) is 6.54 Å². The number of hydrogen-bond acceptors (Lipinski definition) is 4. The Morgan fingerprint density at radius 1 is 1.00 bits per heavy atom. The highest BCUT2D eigenvalue weighted by Crippen LogP contribution is 2.29. The van der Waals surface area contributed by atoms with Crippen LogP contribution in [0.3, 0.4) is 0 Å². The molecule has 33 heavy (non-hydrogen) atoms. The fourth-order valence-corrected chi connectivity index (χ4v) is 3.75. The van der Waals surface area contributed by atoms with E-state index < -0.39 is 0 Å². The van der Waals surface area contributed by atoms with Gasteiger partial charge in [-0.25, -0.2) is 9.07 Å². The summed E-state index contributed by atoms with van der Waals surface area (Å²) in [4.78, 5) is 15.9. The predicted octanol–water partition coefficient (Wildman–Crippen LogP) is 5.14. The molecule has 0 aliphatic carbocycles. The van der Waals surface area contributed by atoms with Crippen molar-refractivity contribution in [1.29, 1.82) is 0 Å². The Morgan fingerprint density at radius 3 is 2.55 bits per heavy atom. The quantitative estimate of drug-likeness (QED) is 0.384. The molecule has 0 saturated carbocycles. The molecule has 3 aromatic carbocycles. The van der Waals surface area contributed by atoms with Crippen molar-refractivity contribution in [3.8, 4) is 22.7 Å². The van der Waals surface area contributed by atoms with Crippen LogP contribution in [0, 0.1) is 5.82 Å². The Bertz CT molecular complexity index is 1470. The minimum Gasteiger partial charge on any atom is -0.497 e. The van der Waals surface area contributed by atoms with Gasteiger partial charge in [-0.2, -0.15) is 5.10 Å². The average Bonchev–Trinajstić information content (AvgIpc) is 3.22. The Balaban J connectivity index is 1.61. The molecule has 0 spiro atoms. The number of benzene rings is 3. The molecule has 0 aliphatic heterocycles. The summed E-state index contributed by atoms with van der Waals surface area (Å²) >= 11 is 0. The van der Waals surface area contributed by atoms with E-state index in [0.717, 1.165) is 28.1 Å². The van der Waals surface area contributed by atoms with Crippen molar-refractivity contribution in [3.63, 3.8) is 0 Å². The van der Waals surface area contributed by atoms with E-state index in [4.69, 9.17) is 9.84 Å². The Morgan fingerprint density at radius 2 is 1.79 bits per heavy atom. The highest BCUT2D eigenvalue weighted by atomic mass is 19.1. The van der Waals surface area contributed by atoms with E-state index in [1.54, 1.807) is 23.9 Å². The van der Waals surface area contributed by atoms with Crippen molar-refractivity contribution in [2.75, 3.05) is 12.4 Å². The van der Waals surface area contributed by atoms with Crippen molar-refractivity contribution >= 4 is 16.7 Å². The number of ether oxygens (including phenoxy) is 1. The molecule has 0 unspecified atom stereocenters. The van der Waals surface area contributed by atoms with Gasteiger partial charge in [0.2, 0.25) is 0 Å². The van der Waals surface area contributed by atoms with Gasteiger partial charge >= 0.3 is 0 Å². The fourth-order valence-electron chi connectivity index (χ4n) is 3.75. The van der Waals surface area contributed by atoms with Crippen molar-refractivity contribution in [2.24, 2.45) is 0 Å². The molecule has 0 radical (unpaired) electrons. The van der Waals surface area contributed by atoms with Gasteiger partial charge in [0.05, 0.1) is 12.8 Å². The number of rotatable bonds is 6. The number of nitrogens with zero attached hydrogens (tertiary/aromatic N) is 2. The number of pyridine rings is 1. The lowest BCUT2D eigenvalue weighted by Crippen LogP contribution is -2.16. The second-order valence-corrected chi connectivity index (χ2v) is 7.57. The van der Waals surface area contributed by atoms with Crippen LogP contribution < -0.4 is 15.6 Å². The van der Waals surface area contributed by atoms with E-state index >= 15 is 0 Å². The van der Waals surface area contributed by atoms with Crippen LogP contribution in [0.4, 0.5) is 10.1 Å². The Kier molecular flexibility index (Phi) is 5.36. The Labute approximate surface area is 189 Å². The van der Waals surface area contributed by atoms with Crippen LogP contribution in [0.15, 0.2) is 89.7 Å². The van der Waals surface area contributed by atoms with E-state index in [-0.39, 0.29) is 11.4 Å². The molecule has 6 nitrogen and oxygen atoms in total. The monoisotopic (exact) mass is 440 g/mol. The summed E-state index contributed by atoms with van der Waals surface area (Å²) in [6.07, 6.45) is 0. The highest BCUT2D eigenvalue weighted by Gasteiger charge is 2.17. The molecule has 0 saturated heterocycles. The second kappa shape index (κ2) is 8.63. The fraction of sp³-hybridized carbons (Fsp3) is 0.0769. The first kappa shape index (κ1) is 20.5. The van der Waals surface area contributed by atoms with Gasteiger partial charge in [-0.15, -0.1) is 0 Å². The minimum atomic E-state index is -0.317. The number of hydrogen-bond donors (Lipinski definition) is 2. The first-order valence-corrected chi connectivity index (χ1v) is 10.5. The number of anilines is 1. The molecule has 0 fully saturated rings. The van der Waals surface area contributed by atoms with Crippen molar-refractivity contribution < 1.29 is 9.13 Å². The zero-order valence-electron chi connectivity index (χ0n) is 17.9. The lowest BCUT2D eigenvalue weighted by Gasteiger charge is -2.08. The molecule has 5 rings (SSSR count). The van der Waals surface area contributed by atoms with E-state index in [2.05, 4.69) is 10.3 Å². The first-order chi connectivity index (χ1) is 16.1. The van der Waals surface area contributed by atoms with Gasteiger partial charge in [-0.3, -0.25) is 4.79 Å². The first-order valence-electron chi connectivity index (χ1n) is 10.5. The van der Waals surface area contributed by atoms with Crippen LogP contribution in [0.5, 0.6) is 5.75 Å². The molecule has 0 atom stereocenters. The van der Waals surface area contributed by atoms with Gasteiger partial charge in [-0.05, 0) is 54.6 Å². The summed E-state index contributed by atoms with van der Waals surface area (Å²) in [5.74, 6) is 0.411. The lowest BCUT2D eigenvalue weighted by atomic mass is 10.1. The molecule has 164 valence electrons. The lowest BCUT2D eigenvalue weighted by molar-refractivity contribution is 0.415. The largest absolute Gasteiger partial charge is 0.497 e. The third-order valence-electron chi connectivity index (χ3n) is 5.44. The molecule has 2 aromatic heterocycles. The van der Waals surface area contributed by atoms with E-state index in [9.17, 15) is 9.18 Å². The number of aromatic nitrogens is 3. The maximum absolute atomic E-state index is 13.5. The Hall–Kier alpha value is -4.39. The van der Waals surface area contributed by atoms with Gasteiger partial charge < -0.3 is 15.0 Å². The third kappa shape index (κ3) is 4.08. The number of para-hydroxylation sites is 1. The number of halogens is 1. The van der Waals surface area contributed by atoms with Crippen LogP contribution in [0.25, 0.3) is 28.0 Å². The molecule has 0 amide bonds. The smallest absolute Gasteiger partial charge is 0.254 e. The molecular weight excluding hydrogens is 419 g/mol. The van der Waals surface area contributed by atoms with E-state index in [0.29, 0.717) is 23.4 Å². The van der Waals surface area contributed by atoms with Gasteiger partial charge in [0.15, 0.2) is 0 Å². The summed E-state index contributed by atoms with van der Waals surface area (Å²) in [6, 6.07) is 25.1. The van der Waals surface area contributed by atoms with Gasteiger partial charge in [0.1, 0.15) is 22.9 Å². The normalized spacial score (nSPS) is 11.0. The maximum Gasteiger partial charge on any atom is 0.254 e. The van der Waals surface area contributed by atoms with Gasteiger partial charge in [0.25, 0.3) is 5.56 Å². The van der Waals surface area contributed by atoms with E-state index in [1.807, 2.05) is 60.7 Å². The highest BCUT2D eigenvalue weighted by molar-refractivity contribution is 5.92. The van der Waals surface area contributed by atoms with Gasteiger partial charge in [-0.1, -0.05) is 24.3 Å². The molecule has 7 heteroatoms. The van der Waals surface area contributed by atoms with Crippen LogP contribution in [0.1, 0.15) is 5.56 Å². The van der Waals surface area contributed by atoms with Crippen LogP contribution in [-0.4, -0.2) is 21.9 Å². The minimum absolute atomic E-state index is 0.208. The molecule has 2 heterocycles. The molecule has 2 N–H and O–H groups in total. The molecular formula is C26H21FN4O2. The number of methoxy groups -OCH3 is 1. The standard InChI is InChI=1S/C26H21FN4O2/c1-33-22-9-5-6-20(15-22)28-16-18-14-23-24(17-10-12-19(27)13-11-17)30-31(25(23)29-26(18)32)21-7-3-2-4-8-21/h2-15,28H,16H2,1H3,(H,29,32). The summed E-state index contributed by atoms with van der Waals surface area (Å²) in [5, 5.41) is 8.81. The third-order valence-corrected chi connectivity index (χ3v) is 5.44. The van der Waals surface area contributed by atoms with Gasteiger partial charge in [0, 0.05) is 34.8 Å². The van der Waals surface area contributed by atoms with Crippen LogP contribution in [-0.2, 0) is 6.54 Å².